The second kappa shape index (κ2) is 2.11. The van der Waals surface area contributed by atoms with Crippen LogP contribution in [0.1, 0.15) is 5.56 Å². The van der Waals surface area contributed by atoms with Crippen LogP contribution in [0.3, 0.4) is 0 Å². The minimum absolute atomic E-state index is 0.646. The van der Waals surface area contributed by atoms with Gasteiger partial charge in [-0.2, -0.15) is 0 Å². The highest BCUT2D eigenvalue weighted by molar-refractivity contribution is 5.77. The van der Waals surface area contributed by atoms with E-state index in [-0.39, 0.29) is 0 Å². The van der Waals surface area contributed by atoms with Crippen LogP contribution >= 0.6 is 0 Å². The lowest BCUT2D eigenvalue weighted by molar-refractivity contribution is 0.322. The molecule has 4 heteroatoms. The summed E-state index contributed by atoms with van der Waals surface area (Å²) in [5.41, 5.74) is 0.646. The lowest BCUT2D eigenvalue weighted by Gasteiger charge is -1.69. The van der Waals surface area contributed by atoms with Crippen molar-refractivity contribution in [1.82, 2.24) is 5.16 Å². The van der Waals surface area contributed by atoms with E-state index in [9.17, 15) is 0 Å². The average molecular weight is 112 g/mol. The summed E-state index contributed by atoms with van der Waals surface area (Å²) in [6, 6.07) is 0. The van der Waals surface area contributed by atoms with Gasteiger partial charge in [-0.25, -0.2) is 0 Å². The van der Waals surface area contributed by atoms with Gasteiger partial charge in [0.25, 0.3) is 0 Å². The molecule has 0 amide bonds. The van der Waals surface area contributed by atoms with Gasteiger partial charge in [-0.1, -0.05) is 10.3 Å². The molecule has 0 spiro atoms. The summed E-state index contributed by atoms with van der Waals surface area (Å²) in [7, 11) is 0. The summed E-state index contributed by atoms with van der Waals surface area (Å²) in [4.78, 5) is 0. The molecule has 0 unspecified atom stereocenters. The van der Waals surface area contributed by atoms with Crippen molar-refractivity contribution in [3.63, 3.8) is 0 Å². The van der Waals surface area contributed by atoms with Gasteiger partial charge in [0, 0.05) is 0 Å². The lowest BCUT2D eigenvalue weighted by atomic mass is 10.4. The van der Waals surface area contributed by atoms with Crippen LogP contribution in [-0.2, 0) is 0 Å². The first kappa shape index (κ1) is 4.83. The van der Waals surface area contributed by atoms with E-state index in [0.29, 0.717) is 5.56 Å². The molecule has 0 fully saturated rings. The highest BCUT2D eigenvalue weighted by Gasteiger charge is 1.85. The van der Waals surface area contributed by atoms with Crippen molar-refractivity contribution in [2.24, 2.45) is 5.16 Å². The third-order valence-corrected chi connectivity index (χ3v) is 0.658. The molecule has 0 aliphatic rings. The first-order chi connectivity index (χ1) is 3.93. The molecule has 8 heavy (non-hydrogen) atoms. The van der Waals surface area contributed by atoms with Gasteiger partial charge in [-0.3, -0.25) is 0 Å². The van der Waals surface area contributed by atoms with E-state index in [1.54, 1.807) is 0 Å². The zero-order valence-corrected chi connectivity index (χ0v) is 3.98. The average Bonchev–Trinajstić information content (AvgIpc) is 2.19. The van der Waals surface area contributed by atoms with E-state index >= 15 is 0 Å². The number of hydrogen-bond acceptors (Lipinski definition) is 4. The summed E-state index contributed by atoms with van der Waals surface area (Å²) >= 11 is 0. The molecule has 1 rings (SSSR count). The minimum Gasteiger partial charge on any atom is -0.411 e. The van der Waals surface area contributed by atoms with Gasteiger partial charge in [0.15, 0.2) is 0 Å². The molecule has 4 nitrogen and oxygen atoms in total. The van der Waals surface area contributed by atoms with Crippen molar-refractivity contribution in [1.29, 1.82) is 0 Å². The van der Waals surface area contributed by atoms with E-state index in [0.717, 1.165) is 0 Å². The van der Waals surface area contributed by atoms with Gasteiger partial charge in [-0.15, -0.1) is 0 Å². The van der Waals surface area contributed by atoms with Gasteiger partial charge in [0.1, 0.15) is 6.26 Å². The fourth-order valence-corrected chi connectivity index (χ4v) is 0.343. The van der Waals surface area contributed by atoms with Gasteiger partial charge < -0.3 is 9.73 Å². The zero-order chi connectivity index (χ0) is 5.82. The van der Waals surface area contributed by atoms with Crippen molar-refractivity contribution in [2.45, 2.75) is 0 Å². The van der Waals surface area contributed by atoms with Gasteiger partial charge in [0.2, 0.25) is 0 Å². The quantitative estimate of drug-likeness (QED) is 0.326. The van der Waals surface area contributed by atoms with Crippen LogP contribution in [0, 0.1) is 0 Å². The summed E-state index contributed by atoms with van der Waals surface area (Å²) < 4.78 is 4.41. The lowest BCUT2D eigenvalue weighted by Crippen LogP contribution is -1.70. The van der Waals surface area contributed by atoms with Crippen molar-refractivity contribution in [3.05, 3.63) is 18.0 Å². The number of hydrogen-bond donors (Lipinski definition) is 1. The highest BCUT2D eigenvalue weighted by atomic mass is 16.5. The minimum atomic E-state index is 0.646. The Bertz CT molecular complexity index is 168. The van der Waals surface area contributed by atoms with Crippen molar-refractivity contribution >= 4 is 6.21 Å². The maximum absolute atomic E-state index is 7.94. The number of aromatic nitrogens is 1. The van der Waals surface area contributed by atoms with Crippen molar-refractivity contribution in [2.75, 3.05) is 0 Å². The van der Waals surface area contributed by atoms with Crippen LogP contribution < -0.4 is 0 Å². The molecule has 0 bridgehead atoms. The van der Waals surface area contributed by atoms with Crippen LogP contribution in [0.4, 0.5) is 0 Å². The Morgan fingerprint density at radius 1 is 1.88 bits per heavy atom. The van der Waals surface area contributed by atoms with E-state index in [2.05, 4.69) is 14.8 Å². The Hall–Kier alpha value is -1.32. The summed E-state index contributed by atoms with van der Waals surface area (Å²) in [5, 5.41) is 14.1. The number of nitrogens with zero attached hydrogens (tertiary/aromatic N) is 2. The van der Waals surface area contributed by atoms with Gasteiger partial charge in [0.05, 0.1) is 18.0 Å². The molecule has 1 aromatic rings. The Morgan fingerprint density at radius 2 is 2.75 bits per heavy atom. The molecule has 0 saturated carbocycles. The summed E-state index contributed by atoms with van der Waals surface area (Å²) in [6.45, 7) is 0. The van der Waals surface area contributed by atoms with Crippen molar-refractivity contribution < 1.29 is 9.73 Å². The molecule has 0 aliphatic heterocycles. The normalized spacial score (nSPS) is 10.5. The summed E-state index contributed by atoms with van der Waals surface area (Å²) in [6.07, 6.45) is 4.05. The molecular weight excluding hydrogens is 108 g/mol. The summed E-state index contributed by atoms with van der Waals surface area (Å²) in [5.74, 6) is 0. The fraction of sp³-hybridized carbons (Fsp3) is 0. The largest absolute Gasteiger partial charge is 0.411 e. The van der Waals surface area contributed by atoms with E-state index in [1.165, 1.54) is 18.7 Å². The Labute approximate surface area is 45.4 Å². The topological polar surface area (TPSA) is 58.6 Å². The highest BCUT2D eigenvalue weighted by Crippen LogP contribution is 1.89. The van der Waals surface area contributed by atoms with Crippen LogP contribution in [-0.4, -0.2) is 16.6 Å². The predicted molar refractivity (Wildman–Crippen MR) is 25.9 cm³/mol. The maximum Gasteiger partial charge on any atom is 0.132 e. The second-order valence-corrected chi connectivity index (χ2v) is 1.20. The molecule has 1 N–H and O–H groups in total. The standard InChI is InChI=1S/C4H4N2O2/c7-5-1-4-2-6-8-3-4/h1-3,7H/b5-1+. The van der Waals surface area contributed by atoms with Crippen LogP contribution in [0.15, 0.2) is 22.1 Å². The number of oxime groups is 1. The maximum atomic E-state index is 7.94. The van der Waals surface area contributed by atoms with E-state index in [4.69, 9.17) is 5.21 Å². The van der Waals surface area contributed by atoms with Crippen LogP contribution in [0.5, 0.6) is 0 Å². The van der Waals surface area contributed by atoms with Crippen molar-refractivity contribution in [3.8, 4) is 0 Å². The first-order valence-corrected chi connectivity index (χ1v) is 2.00. The molecule has 0 aromatic carbocycles. The second-order valence-electron chi connectivity index (χ2n) is 1.20. The first-order valence-electron chi connectivity index (χ1n) is 2.00. The predicted octanol–water partition coefficient (Wildman–Crippen LogP) is 0.483. The zero-order valence-electron chi connectivity index (χ0n) is 3.98. The molecule has 42 valence electrons. The third kappa shape index (κ3) is 0.841. The Morgan fingerprint density at radius 3 is 3.25 bits per heavy atom. The van der Waals surface area contributed by atoms with E-state index in [1.807, 2.05) is 0 Å². The van der Waals surface area contributed by atoms with Crippen LogP contribution in [0.25, 0.3) is 0 Å². The monoisotopic (exact) mass is 112 g/mol. The SMILES string of the molecule is O/N=C/c1cnoc1. The Kier molecular flexibility index (Phi) is 1.27. The molecule has 1 aromatic heterocycles. The molecule has 0 radical (unpaired) electrons. The van der Waals surface area contributed by atoms with E-state index < -0.39 is 0 Å². The van der Waals surface area contributed by atoms with Gasteiger partial charge >= 0.3 is 0 Å². The molecule has 0 saturated heterocycles. The number of rotatable bonds is 1. The fourth-order valence-electron chi connectivity index (χ4n) is 0.343. The Balaban J connectivity index is 2.77. The molecule has 0 atom stereocenters. The molecular formula is C4H4N2O2. The van der Waals surface area contributed by atoms with Crippen LogP contribution in [0.2, 0.25) is 0 Å². The third-order valence-electron chi connectivity index (χ3n) is 0.658. The van der Waals surface area contributed by atoms with Gasteiger partial charge in [-0.05, 0) is 0 Å². The molecule has 0 aliphatic carbocycles. The smallest absolute Gasteiger partial charge is 0.132 e. The molecule has 1 heterocycles.